The molecule has 0 bridgehead atoms. The number of carbonyl (C=O) groups is 1. The number of hydrogen-bond donors (Lipinski definition) is 1. The van der Waals surface area contributed by atoms with E-state index in [4.69, 9.17) is 4.52 Å². The van der Waals surface area contributed by atoms with Crippen LogP contribution in [0.25, 0.3) is 6.08 Å². The lowest BCUT2D eigenvalue weighted by Gasteiger charge is -2.18. The van der Waals surface area contributed by atoms with Gasteiger partial charge in [0.2, 0.25) is 5.91 Å². The molecule has 2 aromatic rings. The number of carbonyl (C=O) groups excluding carboxylic acids is 1. The zero-order valence-electron chi connectivity index (χ0n) is 12.8. The summed E-state index contributed by atoms with van der Waals surface area (Å²) in [7, 11) is 0. The second-order valence-electron chi connectivity index (χ2n) is 6.02. The molecule has 0 atom stereocenters. The Morgan fingerprint density at radius 2 is 1.90 bits per heavy atom. The van der Waals surface area contributed by atoms with Crippen LogP contribution in [0.15, 0.2) is 40.9 Å². The maximum Gasteiger partial charge on any atom is 0.249 e. The predicted octanol–water partition coefficient (Wildman–Crippen LogP) is 3.93. The van der Waals surface area contributed by atoms with E-state index >= 15 is 0 Å². The standard InChI is InChI=1S/C17H20N2O2/c1-12-11-15(19-21-12)18-16(20)10-7-13-5-8-14(9-6-13)17(2,3)4/h5-11H,1-4H3,(H,18,19,20). The molecule has 0 aliphatic carbocycles. The Morgan fingerprint density at radius 1 is 1.24 bits per heavy atom. The lowest BCUT2D eigenvalue weighted by molar-refractivity contribution is -0.111. The second-order valence-corrected chi connectivity index (χ2v) is 6.02. The van der Waals surface area contributed by atoms with Gasteiger partial charge in [0, 0.05) is 12.1 Å². The van der Waals surface area contributed by atoms with Gasteiger partial charge in [-0.25, -0.2) is 0 Å². The number of aryl methyl sites for hydroxylation is 1. The maximum absolute atomic E-state index is 11.7. The monoisotopic (exact) mass is 284 g/mol. The molecule has 0 aliphatic rings. The summed E-state index contributed by atoms with van der Waals surface area (Å²) in [5.74, 6) is 0.848. The van der Waals surface area contributed by atoms with Gasteiger partial charge in [-0.1, -0.05) is 50.2 Å². The number of aromatic nitrogens is 1. The molecule has 0 radical (unpaired) electrons. The van der Waals surface area contributed by atoms with Crippen molar-refractivity contribution in [3.05, 3.63) is 53.3 Å². The molecule has 0 saturated heterocycles. The highest BCUT2D eigenvalue weighted by Gasteiger charge is 2.12. The average molecular weight is 284 g/mol. The van der Waals surface area contributed by atoms with Crippen LogP contribution >= 0.6 is 0 Å². The molecule has 1 N–H and O–H groups in total. The molecule has 1 amide bonds. The number of rotatable bonds is 3. The van der Waals surface area contributed by atoms with Crippen LogP contribution in [-0.2, 0) is 10.2 Å². The third-order valence-electron chi connectivity index (χ3n) is 3.08. The van der Waals surface area contributed by atoms with Crippen LogP contribution in [0.4, 0.5) is 5.82 Å². The van der Waals surface area contributed by atoms with Crippen molar-refractivity contribution in [2.24, 2.45) is 0 Å². The third-order valence-corrected chi connectivity index (χ3v) is 3.08. The Balaban J connectivity index is 1.99. The van der Waals surface area contributed by atoms with E-state index in [9.17, 15) is 4.79 Å². The minimum absolute atomic E-state index is 0.129. The van der Waals surface area contributed by atoms with Crippen molar-refractivity contribution in [3.8, 4) is 0 Å². The normalized spacial score (nSPS) is 11.8. The zero-order valence-corrected chi connectivity index (χ0v) is 12.8. The van der Waals surface area contributed by atoms with Gasteiger partial charge in [0.25, 0.3) is 0 Å². The first-order chi connectivity index (χ1) is 9.84. The summed E-state index contributed by atoms with van der Waals surface area (Å²) in [5.41, 5.74) is 2.38. The smallest absolute Gasteiger partial charge is 0.249 e. The molecule has 1 aromatic heterocycles. The summed E-state index contributed by atoms with van der Waals surface area (Å²) in [6, 6.07) is 9.84. The van der Waals surface area contributed by atoms with Crippen LogP contribution < -0.4 is 5.32 Å². The van der Waals surface area contributed by atoms with E-state index in [1.807, 2.05) is 12.1 Å². The molecule has 0 spiro atoms. The molecule has 4 heteroatoms. The Morgan fingerprint density at radius 3 is 2.43 bits per heavy atom. The topological polar surface area (TPSA) is 55.1 Å². The van der Waals surface area contributed by atoms with E-state index in [0.29, 0.717) is 11.6 Å². The van der Waals surface area contributed by atoms with Gasteiger partial charge >= 0.3 is 0 Å². The fourth-order valence-corrected chi connectivity index (χ4v) is 1.86. The number of benzene rings is 1. The van der Waals surface area contributed by atoms with E-state index in [2.05, 4.69) is 43.4 Å². The van der Waals surface area contributed by atoms with Gasteiger partial charge in [-0.3, -0.25) is 4.79 Å². The summed E-state index contributed by atoms with van der Waals surface area (Å²) < 4.78 is 4.88. The summed E-state index contributed by atoms with van der Waals surface area (Å²) in [6.45, 7) is 8.29. The molecule has 1 aromatic carbocycles. The number of nitrogens with zero attached hydrogens (tertiary/aromatic N) is 1. The molecule has 1 heterocycles. The summed E-state index contributed by atoms with van der Waals surface area (Å²) >= 11 is 0. The average Bonchev–Trinajstić information content (AvgIpc) is 2.81. The number of anilines is 1. The van der Waals surface area contributed by atoms with Gasteiger partial charge in [0.15, 0.2) is 5.82 Å². The lowest BCUT2D eigenvalue weighted by Crippen LogP contribution is -2.10. The van der Waals surface area contributed by atoms with Crippen molar-refractivity contribution in [3.63, 3.8) is 0 Å². The van der Waals surface area contributed by atoms with Crippen LogP contribution in [0, 0.1) is 6.92 Å². The van der Waals surface area contributed by atoms with E-state index in [0.717, 1.165) is 5.56 Å². The minimum atomic E-state index is -0.233. The molecule has 110 valence electrons. The van der Waals surface area contributed by atoms with Crippen LogP contribution in [-0.4, -0.2) is 11.1 Å². The van der Waals surface area contributed by atoms with Crippen LogP contribution in [0.3, 0.4) is 0 Å². The number of amides is 1. The molecular formula is C17H20N2O2. The first-order valence-electron chi connectivity index (χ1n) is 6.87. The lowest BCUT2D eigenvalue weighted by atomic mass is 9.87. The van der Waals surface area contributed by atoms with Crippen molar-refractivity contribution >= 4 is 17.8 Å². The van der Waals surface area contributed by atoms with Crippen LogP contribution in [0.1, 0.15) is 37.7 Å². The summed E-state index contributed by atoms with van der Waals surface area (Å²) in [4.78, 5) is 11.7. The van der Waals surface area contributed by atoms with Crippen molar-refractivity contribution in [2.75, 3.05) is 5.32 Å². The van der Waals surface area contributed by atoms with Crippen molar-refractivity contribution < 1.29 is 9.32 Å². The summed E-state index contributed by atoms with van der Waals surface area (Å²) in [5, 5.41) is 6.35. The summed E-state index contributed by atoms with van der Waals surface area (Å²) in [6.07, 6.45) is 3.25. The van der Waals surface area contributed by atoms with E-state index in [1.54, 1.807) is 19.1 Å². The third kappa shape index (κ3) is 4.31. The quantitative estimate of drug-likeness (QED) is 0.869. The molecule has 0 fully saturated rings. The van der Waals surface area contributed by atoms with Crippen molar-refractivity contribution in [2.45, 2.75) is 33.1 Å². The van der Waals surface area contributed by atoms with E-state index in [-0.39, 0.29) is 11.3 Å². The molecule has 0 saturated carbocycles. The molecule has 0 aliphatic heterocycles. The Labute approximate surface area is 124 Å². The molecule has 4 nitrogen and oxygen atoms in total. The van der Waals surface area contributed by atoms with Gasteiger partial charge in [-0.2, -0.15) is 0 Å². The predicted molar refractivity (Wildman–Crippen MR) is 84.0 cm³/mol. The van der Waals surface area contributed by atoms with Crippen LogP contribution in [0.2, 0.25) is 0 Å². The Kier molecular flexibility index (Phi) is 4.26. The molecule has 0 unspecified atom stereocenters. The van der Waals surface area contributed by atoms with E-state index < -0.39 is 0 Å². The highest BCUT2D eigenvalue weighted by atomic mass is 16.5. The number of hydrogen-bond acceptors (Lipinski definition) is 3. The fraction of sp³-hybridized carbons (Fsp3) is 0.294. The number of nitrogens with one attached hydrogen (secondary N) is 1. The first kappa shape index (κ1) is 15.0. The van der Waals surface area contributed by atoms with E-state index in [1.165, 1.54) is 11.6 Å². The van der Waals surface area contributed by atoms with Gasteiger partial charge < -0.3 is 9.84 Å². The van der Waals surface area contributed by atoms with Crippen molar-refractivity contribution in [1.82, 2.24) is 5.16 Å². The van der Waals surface area contributed by atoms with Gasteiger partial charge in [-0.05, 0) is 29.5 Å². The Bertz CT molecular complexity index is 646. The first-order valence-corrected chi connectivity index (χ1v) is 6.87. The van der Waals surface area contributed by atoms with Gasteiger partial charge in [0.05, 0.1) is 0 Å². The largest absolute Gasteiger partial charge is 0.360 e. The Hall–Kier alpha value is -2.36. The highest BCUT2D eigenvalue weighted by molar-refractivity contribution is 6.01. The fourth-order valence-electron chi connectivity index (χ4n) is 1.86. The van der Waals surface area contributed by atoms with Crippen LogP contribution in [0.5, 0.6) is 0 Å². The molecular weight excluding hydrogens is 264 g/mol. The second kappa shape index (κ2) is 5.95. The minimum Gasteiger partial charge on any atom is -0.360 e. The zero-order chi connectivity index (χ0) is 15.5. The molecule has 21 heavy (non-hydrogen) atoms. The van der Waals surface area contributed by atoms with Gasteiger partial charge in [-0.15, -0.1) is 0 Å². The highest BCUT2D eigenvalue weighted by Crippen LogP contribution is 2.22. The maximum atomic E-state index is 11.7. The van der Waals surface area contributed by atoms with Crippen molar-refractivity contribution in [1.29, 1.82) is 0 Å². The van der Waals surface area contributed by atoms with Gasteiger partial charge in [0.1, 0.15) is 5.76 Å². The molecule has 2 rings (SSSR count). The SMILES string of the molecule is Cc1cc(NC(=O)C=Cc2ccc(C(C)(C)C)cc2)no1.